The summed E-state index contributed by atoms with van der Waals surface area (Å²) < 4.78 is 14.3. The number of phosphoric acid groups is 1. The molecule has 0 aliphatic rings. The van der Waals surface area contributed by atoms with Gasteiger partial charge >= 0.3 is 0 Å². The molecular weight excluding hydrogens is 378 g/mol. The topological polar surface area (TPSA) is 69.6 Å². The highest BCUT2D eigenvalue weighted by molar-refractivity contribution is 7.75. The van der Waals surface area contributed by atoms with Crippen LogP contribution in [-0.2, 0) is 9.09 Å². The maximum absolute atomic E-state index is 10.1. The minimum absolute atomic E-state index is 0.101. The van der Waals surface area contributed by atoms with Crippen LogP contribution in [0.1, 0.15) is 105 Å². The summed E-state index contributed by atoms with van der Waals surface area (Å²) in [5.41, 5.74) is 0. The third-order valence-corrected chi connectivity index (χ3v) is 9.60. The third-order valence-electron chi connectivity index (χ3n) is 4.91. The van der Waals surface area contributed by atoms with Crippen molar-refractivity contribution in [1.29, 1.82) is 0 Å². The quantitative estimate of drug-likeness (QED) is 0.204. The molecule has 0 bridgehead atoms. The number of hydrogen-bond donors (Lipinski definition) is 1. The van der Waals surface area contributed by atoms with Gasteiger partial charge in [-0.3, -0.25) is 4.57 Å². The van der Waals surface area contributed by atoms with Crippen molar-refractivity contribution >= 4 is 15.1 Å². The van der Waals surface area contributed by atoms with E-state index in [1.54, 1.807) is 18.5 Å². The van der Waals surface area contributed by atoms with Crippen LogP contribution in [0.3, 0.4) is 0 Å². The Morgan fingerprint density at radius 3 is 1.48 bits per heavy atom. The van der Waals surface area contributed by atoms with E-state index >= 15 is 0 Å². The van der Waals surface area contributed by atoms with Gasteiger partial charge in [0.05, 0.1) is 25.1 Å². The molecule has 0 saturated heterocycles. The van der Waals surface area contributed by atoms with Gasteiger partial charge in [0.25, 0.3) is 7.82 Å². The van der Waals surface area contributed by atoms with E-state index < -0.39 is 15.1 Å². The van der Waals surface area contributed by atoms with Gasteiger partial charge in [-0.05, 0) is 25.7 Å². The zero-order valence-corrected chi connectivity index (χ0v) is 20.7. The molecule has 0 spiro atoms. The number of phosphoric ester groups is 1. The van der Waals surface area contributed by atoms with Crippen LogP contribution in [0, 0.1) is 0 Å². The highest BCUT2D eigenvalue weighted by Crippen LogP contribution is 2.57. The Morgan fingerprint density at radius 2 is 1.11 bits per heavy atom. The normalized spacial score (nSPS) is 13.7. The molecule has 27 heavy (non-hydrogen) atoms. The molecule has 0 radical (unpaired) electrons. The highest BCUT2D eigenvalue weighted by atomic mass is 31.2. The Bertz CT molecular complexity index is 323. The fraction of sp³-hybridized carbons (Fsp3) is 1.00. The minimum atomic E-state index is -4.48. The molecule has 0 aliphatic heterocycles. The molecule has 0 rings (SSSR count). The maximum atomic E-state index is 10.1. The van der Waals surface area contributed by atoms with Crippen molar-refractivity contribution < 1.29 is 18.9 Å². The number of rotatable bonds is 17. The lowest BCUT2D eigenvalue weighted by Gasteiger charge is -2.22. The Labute approximate surface area is 170 Å². The van der Waals surface area contributed by atoms with Crippen LogP contribution < -0.4 is 4.89 Å². The molecule has 0 fully saturated rings. The zero-order chi connectivity index (χ0) is 21.0. The lowest BCUT2D eigenvalue weighted by atomic mass is 10.1. The van der Waals surface area contributed by atoms with Crippen LogP contribution in [0.5, 0.6) is 0 Å². The van der Waals surface area contributed by atoms with Crippen molar-refractivity contribution in [2.45, 2.75) is 105 Å². The van der Waals surface area contributed by atoms with E-state index in [0.29, 0.717) is 6.42 Å². The van der Waals surface area contributed by atoms with Crippen molar-refractivity contribution in [1.82, 2.24) is 0 Å². The molecule has 1 N–H and O–H groups in total. The predicted molar refractivity (Wildman–Crippen MR) is 121 cm³/mol. The second-order valence-electron chi connectivity index (χ2n) is 7.92. The molecule has 1 atom stereocenters. The first kappa shape index (κ1) is 29.7. The first-order valence-corrected chi connectivity index (χ1v) is 15.5. The summed E-state index contributed by atoms with van der Waals surface area (Å²) in [5.74, 6) is 0. The van der Waals surface area contributed by atoms with Gasteiger partial charge in [-0.1, -0.05) is 79.1 Å². The van der Waals surface area contributed by atoms with Gasteiger partial charge in [-0.2, -0.15) is 0 Å². The van der Waals surface area contributed by atoms with Crippen molar-refractivity contribution in [2.24, 2.45) is 0 Å². The lowest BCUT2D eigenvalue weighted by Crippen LogP contribution is -2.07. The van der Waals surface area contributed by atoms with E-state index in [1.165, 1.54) is 57.8 Å². The van der Waals surface area contributed by atoms with Gasteiger partial charge in [0, 0.05) is 13.9 Å². The summed E-state index contributed by atoms with van der Waals surface area (Å²) in [6, 6.07) is 0. The minimum Gasteiger partial charge on any atom is -0.756 e. The van der Waals surface area contributed by atoms with Gasteiger partial charge in [-0.25, -0.2) is 0 Å². The van der Waals surface area contributed by atoms with E-state index in [4.69, 9.17) is 4.89 Å². The van der Waals surface area contributed by atoms with E-state index in [9.17, 15) is 9.46 Å². The third kappa shape index (κ3) is 24.5. The Kier molecular flexibility index (Phi) is 21.9. The second kappa shape index (κ2) is 19.8. The second-order valence-corrected chi connectivity index (χ2v) is 13.7. The fourth-order valence-electron chi connectivity index (χ4n) is 3.02. The Hall–Kier alpha value is 0.540. The van der Waals surface area contributed by atoms with Crippen molar-refractivity contribution in [2.75, 3.05) is 31.8 Å². The first-order chi connectivity index (χ1) is 12.7. The summed E-state index contributed by atoms with van der Waals surface area (Å²) in [5, 5.41) is 0. The van der Waals surface area contributed by atoms with Crippen LogP contribution in [0.25, 0.3) is 0 Å². The average Bonchev–Trinajstić information content (AvgIpc) is 2.62. The molecule has 1 unspecified atom stereocenters. The molecule has 0 saturated carbocycles. The SMILES string of the molecule is CCCCCCCCOP(=O)([O-])O.CCCC[P+](C)(CCCC)CCCC. The van der Waals surface area contributed by atoms with Gasteiger partial charge in [0.2, 0.25) is 0 Å². The summed E-state index contributed by atoms with van der Waals surface area (Å²) in [4.78, 5) is 18.4. The molecule has 0 aromatic heterocycles. The van der Waals surface area contributed by atoms with E-state index in [0.717, 1.165) is 12.8 Å². The summed E-state index contributed by atoms with van der Waals surface area (Å²) >= 11 is 0. The maximum Gasteiger partial charge on any atom is 0.265 e. The van der Waals surface area contributed by atoms with Crippen LogP contribution in [0.15, 0.2) is 0 Å². The fourth-order valence-corrected chi connectivity index (χ4v) is 7.29. The molecule has 0 heterocycles. The molecule has 0 amide bonds. The molecule has 4 nitrogen and oxygen atoms in total. The smallest absolute Gasteiger partial charge is 0.265 e. The molecule has 166 valence electrons. The zero-order valence-electron chi connectivity index (χ0n) is 18.9. The van der Waals surface area contributed by atoms with E-state index in [2.05, 4.69) is 38.9 Å². The highest BCUT2D eigenvalue weighted by Gasteiger charge is 2.28. The number of hydrogen-bond acceptors (Lipinski definition) is 3. The van der Waals surface area contributed by atoms with Crippen molar-refractivity contribution in [3.63, 3.8) is 0 Å². The molecule has 6 heteroatoms. The van der Waals surface area contributed by atoms with Crippen LogP contribution in [0.4, 0.5) is 0 Å². The van der Waals surface area contributed by atoms with E-state index in [-0.39, 0.29) is 6.61 Å². The Morgan fingerprint density at radius 1 is 0.741 bits per heavy atom. The van der Waals surface area contributed by atoms with Gasteiger partial charge in [-0.15, -0.1) is 0 Å². The molecule has 0 aromatic rings. The predicted octanol–water partition coefficient (Wildman–Crippen LogP) is 6.86. The van der Waals surface area contributed by atoms with Crippen molar-refractivity contribution in [3.8, 4) is 0 Å². The van der Waals surface area contributed by atoms with Gasteiger partial charge in [0.1, 0.15) is 0 Å². The monoisotopic (exact) mass is 426 g/mol. The summed E-state index contributed by atoms with van der Waals surface area (Å²) in [7, 11) is -5.00. The van der Waals surface area contributed by atoms with Gasteiger partial charge in [0.15, 0.2) is 0 Å². The summed E-state index contributed by atoms with van der Waals surface area (Å²) in [6.07, 6.45) is 19.6. The largest absolute Gasteiger partial charge is 0.756 e. The van der Waals surface area contributed by atoms with Crippen LogP contribution >= 0.6 is 15.1 Å². The van der Waals surface area contributed by atoms with Crippen molar-refractivity contribution in [3.05, 3.63) is 0 Å². The molecular formula is C21H48O4P2. The molecule has 0 aliphatic carbocycles. The number of unbranched alkanes of at least 4 members (excludes halogenated alkanes) is 8. The van der Waals surface area contributed by atoms with Gasteiger partial charge < -0.3 is 14.3 Å². The average molecular weight is 427 g/mol. The van der Waals surface area contributed by atoms with Crippen LogP contribution in [-0.4, -0.2) is 36.7 Å². The lowest BCUT2D eigenvalue weighted by molar-refractivity contribution is -0.219. The standard InChI is InChI=1S/C13H30P.C8H19O4P/c1-5-8-11-14(4,12-9-6-2)13-10-7-3;1-2-3-4-5-6-7-8-12-13(9,10)11/h5-13H2,1-4H3;2-8H2,1H3,(H2,9,10,11)/q+1;/p-1. The summed E-state index contributed by atoms with van der Waals surface area (Å²) in [6.45, 7) is 11.8. The Balaban J connectivity index is 0. The molecule has 0 aromatic carbocycles. The first-order valence-electron chi connectivity index (χ1n) is 11.3. The van der Waals surface area contributed by atoms with Crippen LogP contribution in [0.2, 0.25) is 0 Å². The van der Waals surface area contributed by atoms with E-state index in [1.807, 2.05) is 0 Å².